The highest BCUT2D eigenvalue weighted by atomic mass is 19.4. The molecule has 1 aromatic carbocycles. The lowest BCUT2D eigenvalue weighted by molar-refractivity contribution is -0.137. The number of alkyl halides is 3. The molecule has 2 unspecified atom stereocenters. The monoisotopic (exact) mass is 313 g/mol. The van der Waals surface area contributed by atoms with Gasteiger partial charge in [-0.2, -0.15) is 13.2 Å². The van der Waals surface area contributed by atoms with E-state index in [1.165, 1.54) is 12.5 Å². The van der Waals surface area contributed by atoms with Gasteiger partial charge in [-0.05, 0) is 56.5 Å². The fraction of sp³-hybridized carbons (Fsp3) is 0.529. The maximum absolute atomic E-state index is 13.5. The van der Waals surface area contributed by atoms with Gasteiger partial charge in [0.2, 0.25) is 0 Å². The fourth-order valence-corrected chi connectivity index (χ4v) is 3.64. The van der Waals surface area contributed by atoms with Gasteiger partial charge in [0.15, 0.2) is 0 Å². The summed E-state index contributed by atoms with van der Waals surface area (Å²) < 4.78 is 51.8. The van der Waals surface area contributed by atoms with E-state index in [-0.39, 0.29) is 0 Å². The molecule has 120 valence electrons. The van der Waals surface area contributed by atoms with Crippen LogP contribution in [0.1, 0.15) is 36.8 Å². The molecule has 0 aliphatic carbocycles. The van der Waals surface area contributed by atoms with Crippen molar-refractivity contribution in [3.63, 3.8) is 0 Å². The summed E-state index contributed by atoms with van der Waals surface area (Å²) in [5.74, 6) is -0.821. The lowest BCUT2D eigenvalue weighted by Crippen LogP contribution is -2.46. The molecular formula is C17H19F4N. The number of fused-ring (bicyclic) bond motifs is 2. The second kappa shape index (κ2) is 5.69. The first-order valence-corrected chi connectivity index (χ1v) is 7.61. The highest BCUT2D eigenvalue weighted by Gasteiger charge is 2.33. The number of likely N-dealkylation sites (N-methyl/N-ethyl adjacent to an activating group) is 1. The molecule has 2 bridgehead atoms. The van der Waals surface area contributed by atoms with Gasteiger partial charge in [-0.25, -0.2) is 4.39 Å². The number of hydrogen-bond acceptors (Lipinski definition) is 1. The number of hydrogen-bond donors (Lipinski definition) is 0. The summed E-state index contributed by atoms with van der Waals surface area (Å²) in [6.45, 7) is 0. The topological polar surface area (TPSA) is 3.24 Å². The van der Waals surface area contributed by atoms with Gasteiger partial charge < -0.3 is 0 Å². The van der Waals surface area contributed by atoms with Crippen molar-refractivity contribution in [1.82, 2.24) is 4.90 Å². The summed E-state index contributed by atoms with van der Waals surface area (Å²) in [5.41, 5.74) is 0.629. The molecular weight excluding hydrogens is 294 g/mol. The molecule has 3 rings (SSSR count). The van der Waals surface area contributed by atoms with Gasteiger partial charge >= 0.3 is 6.18 Å². The maximum atomic E-state index is 13.5. The first-order valence-electron chi connectivity index (χ1n) is 7.61. The Morgan fingerprint density at radius 2 is 1.95 bits per heavy atom. The Bertz CT molecular complexity index is 591. The van der Waals surface area contributed by atoms with E-state index in [1.54, 1.807) is 0 Å². The lowest BCUT2D eigenvalue weighted by Gasteiger charge is -2.42. The molecule has 2 atom stereocenters. The zero-order valence-electron chi connectivity index (χ0n) is 12.5. The third-order valence-corrected chi connectivity index (χ3v) is 4.78. The molecule has 0 radical (unpaired) electrons. The molecule has 1 saturated heterocycles. The minimum atomic E-state index is -4.51. The number of piperidine rings is 1. The van der Waals surface area contributed by atoms with Crippen molar-refractivity contribution in [2.45, 2.75) is 50.4 Å². The second-order valence-corrected chi connectivity index (χ2v) is 6.37. The Balaban J connectivity index is 1.83. The van der Waals surface area contributed by atoms with Crippen molar-refractivity contribution in [1.29, 1.82) is 0 Å². The summed E-state index contributed by atoms with van der Waals surface area (Å²) in [4.78, 5) is 2.35. The number of halogens is 4. The average Bonchev–Trinajstić information content (AvgIpc) is 2.38. The van der Waals surface area contributed by atoms with Crippen LogP contribution < -0.4 is 0 Å². The summed E-state index contributed by atoms with van der Waals surface area (Å²) in [5, 5.41) is 0. The van der Waals surface area contributed by atoms with Gasteiger partial charge in [0, 0.05) is 12.1 Å². The van der Waals surface area contributed by atoms with Crippen molar-refractivity contribution in [2.75, 3.05) is 7.05 Å². The number of nitrogens with zero attached hydrogens (tertiary/aromatic N) is 1. The largest absolute Gasteiger partial charge is 0.416 e. The maximum Gasteiger partial charge on any atom is 0.416 e. The SMILES string of the molecule is CN1C2C=C(Cc3cc(F)cc(C(F)(F)F)c3)CC1CCC2. The molecule has 1 aromatic rings. The van der Waals surface area contributed by atoms with Crippen LogP contribution in [0, 0.1) is 5.82 Å². The molecule has 2 heterocycles. The molecule has 0 N–H and O–H groups in total. The van der Waals surface area contributed by atoms with E-state index in [2.05, 4.69) is 18.0 Å². The Hall–Kier alpha value is -1.36. The first-order chi connectivity index (χ1) is 10.3. The third kappa shape index (κ3) is 3.19. The fourth-order valence-electron chi connectivity index (χ4n) is 3.64. The van der Waals surface area contributed by atoms with E-state index in [4.69, 9.17) is 0 Å². The second-order valence-electron chi connectivity index (χ2n) is 6.37. The van der Waals surface area contributed by atoms with Crippen molar-refractivity contribution in [2.24, 2.45) is 0 Å². The normalized spacial score (nSPS) is 26.0. The van der Waals surface area contributed by atoms with Crippen LogP contribution in [0.15, 0.2) is 29.8 Å². The third-order valence-electron chi connectivity index (χ3n) is 4.78. The zero-order chi connectivity index (χ0) is 15.9. The minimum Gasteiger partial charge on any atom is -0.297 e. The van der Waals surface area contributed by atoms with E-state index in [9.17, 15) is 17.6 Å². The van der Waals surface area contributed by atoms with Crippen LogP contribution in [0.2, 0.25) is 0 Å². The van der Waals surface area contributed by atoms with Gasteiger partial charge in [0.1, 0.15) is 5.82 Å². The summed E-state index contributed by atoms with van der Waals surface area (Å²) in [6.07, 6.45) is 2.34. The minimum absolute atomic E-state index is 0.373. The van der Waals surface area contributed by atoms with Crippen LogP contribution in [0.25, 0.3) is 0 Å². The molecule has 1 fully saturated rings. The van der Waals surface area contributed by atoms with Crippen molar-refractivity contribution < 1.29 is 17.6 Å². The van der Waals surface area contributed by atoms with Gasteiger partial charge in [-0.3, -0.25) is 4.90 Å². The standard InChI is InChI=1S/C17H19F4N/c1-22-15-3-2-4-16(22)9-12(8-15)5-11-6-13(17(19,20)21)10-14(18)7-11/h6-8,10,15-16H,2-5,9H2,1H3. The first kappa shape index (κ1) is 15.5. The molecule has 0 saturated carbocycles. The van der Waals surface area contributed by atoms with Crippen LogP contribution in [-0.4, -0.2) is 24.0 Å². The molecule has 5 heteroatoms. The zero-order valence-corrected chi connectivity index (χ0v) is 12.5. The highest BCUT2D eigenvalue weighted by molar-refractivity contribution is 5.31. The molecule has 0 aromatic heterocycles. The smallest absolute Gasteiger partial charge is 0.297 e. The van der Waals surface area contributed by atoms with Crippen LogP contribution in [0.4, 0.5) is 17.6 Å². The van der Waals surface area contributed by atoms with Crippen LogP contribution >= 0.6 is 0 Å². The van der Waals surface area contributed by atoms with Crippen molar-refractivity contribution >= 4 is 0 Å². The van der Waals surface area contributed by atoms with Crippen LogP contribution in [0.3, 0.4) is 0 Å². The summed E-state index contributed by atoms with van der Waals surface area (Å²) in [6, 6.07) is 3.68. The van der Waals surface area contributed by atoms with Crippen LogP contribution in [0.5, 0.6) is 0 Å². The van der Waals surface area contributed by atoms with E-state index in [0.29, 0.717) is 30.1 Å². The Morgan fingerprint density at radius 3 is 2.64 bits per heavy atom. The highest BCUT2D eigenvalue weighted by Crippen LogP contribution is 2.34. The molecule has 2 aliphatic heterocycles. The van der Waals surface area contributed by atoms with Crippen molar-refractivity contribution in [3.05, 3.63) is 46.8 Å². The molecule has 1 nitrogen and oxygen atoms in total. The van der Waals surface area contributed by atoms with Crippen LogP contribution in [-0.2, 0) is 12.6 Å². The Labute approximate surface area is 127 Å². The summed E-state index contributed by atoms with van der Waals surface area (Å²) in [7, 11) is 2.10. The van der Waals surface area contributed by atoms with E-state index in [1.807, 2.05) is 0 Å². The quantitative estimate of drug-likeness (QED) is 0.571. The lowest BCUT2D eigenvalue weighted by atomic mass is 9.83. The summed E-state index contributed by atoms with van der Waals surface area (Å²) >= 11 is 0. The van der Waals surface area contributed by atoms with Gasteiger partial charge in [-0.15, -0.1) is 0 Å². The van der Waals surface area contributed by atoms with E-state index >= 15 is 0 Å². The Kier molecular flexibility index (Phi) is 4.02. The number of rotatable bonds is 2. The van der Waals surface area contributed by atoms with Crippen molar-refractivity contribution in [3.8, 4) is 0 Å². The average molecular weight is 313 g/mol. The molecule has 0 amide bonds. The van der Waals surface area contributed by atoms with E-state index in [0.717, 1.165) is 30.9 Å². The predicted octanol–water partition coefficient (Wildman–Crippen LogP) is 4.57. The number of benzene rings is 1. The van der Waals surface area contributed by atoms with Gasteiger partial charge in [-0.1, -0.05) is 18.1 Å². The predicted molar refractivity (Wildman–Crippen MR) is 77.0 cm³/mol. The van der Waals surface area contributed by atoms with E-state index < -0.39 is 17.6 Å². The molecule has 0 spiro atoms. The Morgan fingerprint density at radius 1 is 1.18 bits per heavy atom. The van der Waals surface area contributed by atoms with Gasteiger partial charge in [0.05, 0.1) is 5.56 Å². The molecule has 2 aliphatic rings. The van der Waals surface area contributed by atoms with Gasteiger partial charge in [0.25, 0.3) is 0 Å². The molecule has 22 heavy (non-hydrogen) atoms.